The molecule has 0 saturated carbocycles. The van der Waals surface area contributed by atoms with Crippen molar-refractivity contribution in [1.29, 1.82) is 0 Å². The van der Waals surface area contributed by atoms with Crippen LogP contribution in [0.2, 0.25) is 0 Å². The molecular formula is C13H25N3O2. The fourth-order valence-corrected chi connectivity index (χ4v) is 2.84. The Hall–Kier alpha value is -0.650. The van der Waals surface area contributed by atoms with Crippen molar-refractivity contribution in [1.82, 2.24) is 9.80 Å². The molecule has 1 amide bonds. The number of hydrogen-bond acceptors (Lipinski definition) is 4. The first kappa shape index (κ1) is 13.8. The molecule has 0 radical (unpaired) electrons. The molecule has 104 valence electrons. The smallest absolute Gasteiger partial charge is 0.228 e. The van der Waals surface area contributed by atoms with Crippen molar-refractivity contribution >= 4 is 5.91 Å². The predicted molar refractivity (Wildman–Crippen MR) is 70.2 cm³/mol. The number of rotatable bonds is 3. The third kappa shape index (κ3) is 3.43. The van der Waals surface area contributed by atoms with Gasteiger partial charge in [0.15, 0.2) is 0 Å². The zero-order valence-electron chi connectivity index (χ0n) is 11.3. The second-order valence-electron chi connectivity index (χ2n) is 5.39. The summed E-state index contributed by atoms with van der Waals surface area (Å²) >= 11 is 0. The fourth-order valence-electron chi connectivity index (χ4n) is 2.84. The van der Waals surface area contributed by atoms with Crippen LogP contribution < -0.4 is 5.73 Å². The lowest BCUT2D eigenvalue weighted by Gasteiger charge is -2.24. The zero-order valence-corrected chi connectivity index (χ0v) is 11.3. The van der Waals surface area contributed by atoms with Crippen LogP contribution >= 0.6 is 0 Å². The Morgan fingerprint density at radius 1 is 1.33 bits per heavy atom. The second-order valence-corrected chi connectivity index (χ2v) is 5.39. The minimum Gasteiger partial charge on any atom is -0.378 e. The maximum absolute atomic E-state index is 12.4. The Morgan fingerprint density at radius 3 is 2.83 bits per heavy atom. The number of carbonyl (C=O) groups excluding carboxylic acids is 1. The van der Waals surface area contributed by atoms with Crippen molar-refractivity contribution in [2.24, 2.45) is 11.7 Å². The number of amides is 1. The molecule has 5 heteroatoms. The van der Waals surface area contributed by atoms with E-state index in [9.17, 15) is 4.79 Å². The van der Waals surface area contributed by atoms with Crippen LogP contribution in [0.5, 0.6) is 0 Å². The van der Waals surface area contributed by atoms with E-state index in [1.54, 1.807) is 0 Å². The van der Waals surface area contributed by atoms with Gasteiger partial charge in [0.1, 0.15) is 0 Å². The molecule has 2 unspecified atom stereocenters. The van der Waals surface area contributed by atoms with E-state index in [-0.39, 0.29) is 17.9 Å². The van der Waals surface area contributed by atoms with Crippen molar-refractivity contribution in [2.75, 3.05) is 45.9 Å². The SMILES string of the molecule is CC1CC(C(=O)N2CCCN(CCN)CC2)CO1. The topological polar surface area (TPSA) is 58.8 Å². The monoisotopic (exact) mass is 255 g/mol. The first-order valence-corrected chi connectivity index (χ1v) is 7.03. The molecule has 2 heterocycles. The van der Waals surface area contributed by atoms with Crippen LogP contribution in [0.15, 0.2) is 0 Å². The van der Waals surface area contributed by atoms with E-state index in [1.165, 1.54) is 0 Å². The summed E-state index contributed by atoms with van der Waals surface area (Å²) in [5, 5.41) is 0. The quantitative estimate of drug-likeness (QED) is 0.765. The van der Waals surface area contributed by atoms with Gasteiger partial charge in [0.05, 0.1) is 18.6 Å². The van der Waals surface area contributed by atoms with E-state index >= 15 is 0 Å². The van der Waals surface area contributed by atoms with Crippen molar-refractivity contribution in [3.63, 3.8) is 0 Å². The van der Waals surface area contributed by atoms with Gasteiger partial charge in [-0.15, -0.1) is 0 Å². The van der Waals surface area contributed by atoms with E-state index < -0.39 is 0 Å². The molecule has 0 aromatic carbocycles. The van der Waals surface area contributed by atoms with E-state index in [0.29, 0.717) is 13.2 Å². The Kier molecular flexibility index (Phi) is 4.97. The third-order valence-electron chi connectivity index (χ3n) is 3.89. The summed E-state index contributed by atoms with van der Waals surface area (Å²) in [6, 6.07) is 0. The number of carbonyl (C=O) groups is 1. The summed E-state index contributed by atoms with van der Waals surface area (Å²) in [5.41, 5.74) is 5.58. The normalized spacial score (nSPS) is 30.4. The summed E-state index contributed by atoms with van der Waals surface area (Å²) in [6.07, 6.45) is 2.16. The molecule has 0 aromatic rings. The Bertz CT molecular complexity index is 285. The Balaban J connectivity index is 1.83. The van der Waals surface area contributed by atoms with Crippen molar-refractivity contribution in [2.45, 2.75) is 25.9 Å². The number of nitrogens with zero attached hydrogens (tertiary/aromatic N) is 2. The van der Waals surface area contributed by atoms with Gasteiger partial charge in [-0.25, -0.2) is 0 Å². The van der Waals surface area contributed by atoms with Crippen molar-refractivity contribution < 1.29 is 9.53 Å². The highest BCUT2D eigenvalue weighted by molar-refractivity contribution is 5.79. The van der Waals surface area contributed by atoms with Crippen LogP contribution in [-0.2, 0) is 9.53 Å². The molecule has 0 aromatic heterocycles. The number of ether oxygens (including phenoxy) is 1. The van der Waals surface area contributed by atoms with Crippen molar-refractivity contribution in [3.05, 3.63) is 0 Å². The van der Waals surface area contributed by atoms with Crippen LogP contribution in [0.3, 0.4) is 0 Å². The predicted octanol–water partition coefficient (Wildman–Crippen LogP) is -0.0956. The maximum Gasteiger partial charge on any atom is 0.228 e. The molecule has 2 N–H and O–H groups in total. The first-order valence-electron chi connectivity index (χ1n) is 7.03. The third-order valence-corrected chi connectivity index (χ3v) is 3.89. The molecule has 2 rings (SSSR count). The number of hydrogen-bond donors (Lipinski definition) is 1. The molecular weight excluding hydrogens is 230 g/mol. The van der Waals surface area contributed by atoms with Gasteiger partial charge in [0, 0.05) is 32.7 Å². The summed E-state index contributed by atoms with van der Waals surface area (Å²) < 4.78 is 5.49. The first-order chi connectivity index (χ1) is 8.70. The van der Waals surface area contributed by atoms with E-state index in [0.717, 1.165) is 45.6 Å². The largest absolute Gasteiger partial charge is 0.378 e. The summed E-state index contributed by atoms with van der Waals surface area (Å²) in [5.74, 6) is 0.370. The minimum atomic E-state index is 0.0843. The van der Waals surface area contributed by atoms with E-state index in [4.69, 9.17) is 10.5 Å². The van der Waals surface area contributed by atoms with Crippen LogP contribution in [0, 0.1) is 5.92 Å². The highest BCUT2D eigenvalue weighted by Gasteiger charge is 2.32. The molecule has 0 spiro atoms. The van der Waals surface area contributed by atoms with Crippen LogP contribution in [0.25, 0.3) is 0 Å². The van der Waals surface area contributed by atoms with Crippen LogP contribution in [0.1, 0.15) is 19.8 Å². The van der Waals surface area contributed by atoms with E-state index in [1.807, 2.05) is 11.8 Å². The van der Waals surface area contributed by atoms with Gasteiger partial charge in [-0.1, -0.05) is 0 Å². The Labute approximate surface area is 109 Å². The lowest BCUT2D eigenvalue weighted by Crippen LogP contribution is -2.39. The molecule has 2 aliphatic rings. The standard InChI is InChI=1S/C13H25N3O2/c1-11-9-12(10-18-11)13(17)16-5-2-4-15(6-3-14)7-8-16/h11-12H,2-10,14H2,1H3. The molecule has 2 atom stereocenters. The minimum absolute atomic E-state index is 0.0843. The summed E-state index contributed by atoms with van der Waals surface area (Å²) in [4.78, 5) is 16.7. The molecule has 2 aliphatic heterocycles. The lowest BCUT2D eigenvalue weighted by atomic mass is 10.0. The maximum atomic E-state index is 12.4. The average Bonchev–Trinajstić information content (AvgIpc) is 2.65. The van der Waals surface area contributed by atoms with Gasteiger partial charge in [0.25, 0.3) is 0 Å². The molecule has 5 nitrogen and oxygen atoms in total. The van der Waals surface area contributed by atoms with Gasteiger partial charge < -0.3 is 20.3 Å². The second kappa shape index (κ2) is 6.50. The molecule has 2 fully saturated rings. The number of nitrogens with two attached hydrogens (primary N) is 1. The lowest BCUT2D eigenvalue weighted by molar-refractivity contribution is -0.135. The van der Waals surface area contributed by atoms with Crippen LogP contribution in [0.4, 0.5) is 0 Å². The van der Waals surface area contributed by atoms with Gasteiger partial charge in [-0.3, -0.25) is 4.79 Å². The Morgan fingerprint density at radius 2 is 2.17 bits per heavy atom. The molecule has 2 saturated heterocycles. The summed E-state index contributed by atoms with van der Waals surface area (Å²) in [6.45, 7) is 7.99. The van der Waals surface area contributed by atoms with Crippen molar-refractivity contribution in [3.8, 4) is 0 Å². The van der Waals surface area contributed by atoms with Crippen LogP contribution in [-0.4, -0.2) is 67.7 Å². The van der Waals surface area contributed by atoms with Gasteiger partial charge >= 0.3 is 0 Å². The van der Waals surface area contributed by atoms with Gasteiger partial charge in [-0.05, 0) is 26.3 Å². The van der Waals surface area contributed by atoms with Gasteiger partial charge in [0.2, 0.25) is 5.91 Å². The average molecular weight is 255 g/mol. The highest BCUT2D eigenvalue weighted by atomic mass is 16.5. The fraction of sp³-hybridized carbons (Fsp3) is 0.923. The molecule has 0 aliphatic carbocycles. The highest BCUT2D eigenvalue weighted by Crippen LogP contribution is 2.21. The zero-order chi connectivity index (χ0) is 13.0. The molecule has 0 bridgehead atoms. The summed E-state index contributed by atoms with van der Waals surface area (Å²) in [7, 11) is 0. The van der Waals surface area contributed by atoms with E-state index in [2.05, 4.69) is 4.90 Å². The van der Waals surface area contributed by atoms with Gasteiger partial charge in [-0.2, -0.15) is 0 Å². The molecule has 18 heavy (non-hydrogen) atoms.